The van der Waals surface area contributed by atoms with Gasteiger partial charge in [-0.05, 0) is 66.7 Å². The van der Waals surface area contributed by atoms with Gasteiger partial charge in [0.25, 0.3) is 0 Å². The number of nitrogens with zero attached hydrogens (tertiary/aromatic N) is 6. The maximum absolute atomic E-state index is 5.25. The maximum Gasteiger partial charge on any atom is 0.180 e. The molecule has 0 unspecified atom stereocenters. The molecule has 11 rings (SSSR count). The molecule has 7 heteroatoms. The molecule has 4 heterocycles. The standard InChI is InChI=1S/C50H32N6S/c1-4-16-33(17-5-1)41-32-42(34-18-6-2-7-19-34)53-49(52-41)46-38-22-10-12-24-40(38)51-48(54-46)35-28-30-37(31-29-35)55-43-25-13-14-26-44(43)56(36-20-8-3-9-21-36)50-47(55)39-23-11-15-27-45(39)57-50/h1-32H. The fraction of sp³-hybridized carbons (Fsp3) is 0. The van der Waals surface area contributed by atoms with Crippen molar-refractivity contribution in [3.63, 3.8) is 0 Å². The summed E-state index contributed by atoms with van der Waals surface area (Å²) in [4.78, 5) is 25.4. The van der Waals surface area contributed by atoms with Crippen LogP contribution in [0.5, 0.6) is 0 Å². The highest BCUT2D eigenvalue weighted by atomic mass is 32.1. The van der Waals surface area contributed by atoms with Gasteiger partial charge >= 0.3 is 0 Å². The van der Waals surface area contributed by atoms with Crippen molar-refractivity contribution in [1.29, 1.82) is 0 Å². The van der Waals surface area contributed by atoms with Gasteiger partial charge in [-0.1, -0.05) is 127 Å². The first kappa shape index (κ1) is 32.9. The Morgan fingerprint density at radius 2 is 0.930 bits per heavy atom. The van der Waals surface area contributed by atoms with Crippen molar-refractivity contribution >= 4 is 65.8 Å². The molecular formula is C50H32N6S. The molecule has 7 aromatic carbocycles. The summed E-state index contributed by atoms with van der Waals surface area (Å²) in [7, 11) is 0. The molecule has 0 radical (unpaired) electrons. The highest BCUT2D eigenvalue weighted by molar-refractivity contribution is 7.24. The Morgan fingerprint density at radius 3 is 1.61 bits per heavy atom. The first-order valence-electron chi connectivity index (χ1n) is 18.9. The van der Waals surface area contributed by atoms with Gasteiger partial charge in [0, 0.05) is 43.5 Å². The zero-order valence-electron chi connectivity index (χ0n) is 30.6. The van der Waals surface area contributed by atoms with Crippen molar-refractivity contribution in [2.24, 2.45) is 0 Å². The minimum atomic E-state index is 0.552. The van der Waals surface area contributed by atoms with Crippen LogP contribution in [0.4, 0.5) is 33.4 Å². The Hall–Kier alpha value is -7.48. The summed E-state index contributed by atoms with van der Waals surface area (Å²) in [6, 6.07) is 67.2. The van der Waals surface area contributed by atoms with E-state index in [4.69, 9.17) is 19.9 Å². The summed E-state index contributed by atoms with van der Waals surface area (Å²) in [5.41, 5.74) is 11.7. The molecular weight excluding hydrogens is 717 g/mol. The van der Waals surface area contributed by atoms with Gasteiger partial charge in [0.2, 0.25) is 0 Å². The van der Waals surface area contributed by atoms with E-state index < -0.39 is 0 Å². The van der Waals surface area contributed by atoms with E-state index in [1.807, 2.05) is 72.0 Å². The van der Waals surface area contributed by atoms with E-state index >= 15 is 0 Å². The van der Waals surface area contributed by atoms with Crippen LogP contribution in [0.3, 0.4) is 0 Å². The first-order chi connectivity index (χ1) is 28.3. The van der Waals surface area contributed by atoms with E-state index in [-0.39, 0.29) is 0 Å². The highest BCUT2D eigenvalue weighted by Gasteiger charge is 2.34. The Bertz CT molecular complexity index is 3020. The predicted octanol–water partition coefficient (Wildman–Crippen LogP) is 13.6. The van der Waals surface area contributed by atoms with E-state index in [1.54, 1.807) is 0 Å². The summed E-state index contributed by atoms with van der Waals surface area (Å²) in [6.07, 6.45) is 0. The second kappa shape index (κ2) is 13.7. The van der Waals surface area contributed by atoms with Gasteiger partial charge in [-0.25, -0.2) is 19.9 Å². The molecule has 0 spiro atoms. The number of aromatic nitrogens is 4. The largest absolute Gasteiger partial charge is 0.305 e. The van der Waals surface area contributed by atoms with Crippen LogP contribution < -0.4 is 9.80 Å². The fourth-order valence-electron chi connectivity index (χ4n) is 7.76. The molecule has 0 fully saturated rings. The molecule has 268 valence electrons. The molecule has 0 saturated carbocycles. The minimum absolute atomic E-state index is 0.552. The molecule has 0 saturated heterocycles. The maximum atomic E-state index is 5.25. The zero-order valence-corrected chi connectivity index (χ0v) is 31.4. The van der Waals surface area contributed by atoms with E-state index in [0.29, 0.717) is 17.3 Å². The first-order valence-corrected chi connectivity index (χ1v) is 19.7. The molecule has 10 aromatic rings. The number of benzene rings is 7. The number of hydrogen-bond donors (Lipinski definition) is 0. The summed E-state index contributed by atoms with van der Waals surface area (Å²) >= 11 is 1.82. The molecule has 1 aliphatic heterocycles. The topological polar surface area (TPSA) is 58.0 Å². The van der Waals surface area contributed by atoms with Crippen molar-refractivity contribution in [3.05, 3.63) is 194 Å². The Morgan fingerprint density at radius 1 is 0.386 bits per heavy atom. The smallest absolute Gasteiger partial charge is 0.180 e. The number of fused-ring (bicyclic) bond motifs is 5. The monoisotopic (exact) mass is 748 g/mol. The van der Waals surface area contributed by atoms with Gasteiger partial charge in [-0.15, -0.1) is 11.3 Å². The van der Waals surface area contributed by atoms with Crippen LogP contribution in [0, 0.1) is 0 Å². The Balaban J connectivity index is 1.05. The third kappa shape index (κ3) is 5.72. The number of para-hydroxylation sites is 4. The fourth-order valence-corrected chi connectivity index (χ4v) is 8.99. The average molecular weight is 749 g/mol. The molecule has 0 N–H and O–H groups in total. The van der Waals surface area contributed by atoms with Gasteiger partial charge in [0.1, 0.15) is 10.7 Å². The van der Waals surface area contributed by atoms with Crippen molar-refractivity contribution in [1.82, 2.24) is 19.9 Å². The molecule has 0 bridgehead atoms. The van der Waals surface area contributed by atoms with Gasteiger partial charge < -0.3 is 4.90 Å². The zero-order chi connectivity index (χ0) is 37.7. The van der Waals surface area contributed by atoms with E-state index in [0.717, 1.165) is 61.7 Å². The van der Waals surface area contributed by atoms with E-state index in [1.165, 1.54) is 20.8 Å². The van der Waals surface area contributed by atoms with Crippen LogP contribution in [0.1, 0.15) is 0 Å². The van der Waals surface area contributed by atoms with Crippen LogP contribution in [0.15, 0.2) is 194 Å². The lowest BCUT2D eigenvalue weighted by atomic mass is 10.1. The normalized spacial score (nSPS) is 12.1. The van der Waals surface area contributed by atoms with Gasteiger partial charge in [-0.2, -0.15) is 0 Å². The van der Waals surface area contributed by atoms with Crippen molar-refractivity contribution in [2.45, 2.75) is 0 Å². The van der Waals surface area contributed by atoms with Gasteiger partial charge in [-0.3, -0.25) is 4.90 Å². The van der Waals surface area contributed by atoms with Crippen LogP contribution in [0.25, 0.3) is 66.4 Å². The number of rotatable bonds is 6. The lowest BCUT2D eigenvalue weighted by Gasteiger charge is -2.38. The van der Waals surface area contributed by atoms with Crippen LogP contribution in [-0.2, 0) is 0 Å². The molecule has 0 atom stereocenters. The van der Waals surface area contributed by atoms with E-state index in [2.05, 4.69) is 143 Å². The second-order valence-corrected chi connectivity index (χ2v) is 14.9. The van der Waals surface area contributed by atoms with Crippen molar-refractivity contribution < 1.29 is 0 Å². The number of thiophene rings is 1. The molecule has 6 nitrogen and oxygen atoms in total. The quantitative estimate of drug-likeness (QED) is 0.169. The third-order valence-corrected chi connectivity index (χ3v) is 11.6. The Kier molecular flexibility index (Phi) is 7.89. The molecule has 3 aromatic heterocycles. The lowest BCUT2D eigenvalue weighted by molar-refractivity contribution is 1.14. The summed E-state index contributed by atoms with van der Waals surface area (Å²) in [5, 5.41) is 3.29. The van der Waals surface area contributed by atoms with E-state index in [9.17, 15) is 0 Å². The van der Waals surface area contributed by atoms with Crippen LogP contribution in [-0.4, -0.2) is 19.9 Å². The molecule has 1 aliphatic rings. The van der Waals surface area contributed by atoms with Gasteiger partial charge in [0.15, 0.2) is 11.6 Å². The second-order valence-electron chi connectivity index (χ2n) is 13.9. The Labute approximate surface area is 333 Å². The SMILES string of the molecule is c1ccc(-c2cc(-c3ccccc3)nc(-c3nc(-c4ccc(N5c6ccccc6N(c6ccccc6)c6sc7ccccc7c65)cc4)nc4ccccc34)n2)cc1. The molecule has 57 heavy (non-hydrogen) atoms. The van der Waals surface area contributed by atoms with Crippen LogP contribution >= 0.6 is 11.3 Å². The summed E-state index contributed by atoms with van der Waals surface area (Å²) in [6.45, 7) is 0. The number of anilines is 6. The van der Waals surface area contributed by atoms with Crippen LogP contribution in [0.2, 0.25) is 0 Å². The lowest BCUT2D eigenvalue weighted by Crippen LogP contribution is -2.22. The van der Waals surface area contributed by atoms with Gasteiger partial charge in [0.05, 0.1) is 34.0 Å². The molecule has 0 aliphatic carbocycles. The third-order valence-electron chi connectivity index (χ3n) is 10.4. The summed E-state index contributed by atoms with van der Waals surface area (Å²) < 4.78 is 1.24. The van der Waals surface area contributed by atoms with Crippen molar-refractivity contribution in [2.75, 3.05) is 9.80 Å². The van der Waals surface area contributed by atoms with Crippen molar-refractivity contribution in [3.8, 4) is 45.4 Å². The number of hydrogen-bond acceptors (Lipinski definition) is 7. The highest BCUT2D eigenvalue weighted by Crippen LogP contribution is 2.59. The minimum Gasteiger partial charge on any atom is -0.305 e. The molecule has 0 amide bonds. The summed E-state index contributed by atoms with van der Waals surface area (Å²) in [5.74, 6) is 1.16. The average Bonchev–Trinajstić information content (AvgIpc) is 3.67. The predicted molar refractivity (Wildman–Crippen MR) is 235 cm³/mol.